The van der Waals surface area contributed by atoms with Crippen LogP contribution in [0.3, 0.4) is 0 Å². The molecule has 2 rings (SSSR count). The number of carbonyl (C=O) groups excluding carboxylic acids is 1. The van der Waals surface area contributed by atoms with Crippen molar-refractivity contribution in [1.82, 2.24) is 4.90 Å². The second kappa shape index (κ2) is 8.32. The van der Waals surface area contributed by atoms with Gasteiger partial charge in [-0.2, -0.15) is 0 Å². The number of likely N-dealkylation sites (N-methyl/N-ethyl adjacent to an activating group) is 1. The Balaban J connectivity index is 1.72. The Bertz CT molecular complexity index is 640. The molecule has 2 aromatic carbocycles. The number of benzene rings is 2. The van der Waals surface area contributed by atoms with Crippen molar-refractivity contribution >= 4 is 5.91 Å². The first-order chi connectivity index (χ1) is 11.1. The van der Waals surface area contributed by atoms with Crippen molar-refractivity contribution in [2.24, 2.45) is 0 Å². The summed E-state index contributed by atoms with van der Waals surface area (Å²) in [5, 5.41) is 0. The summed E-state index contributed by atoms with van der Waals surface area (Å²) in [5.74, 6) is 0.522. The van der Waals surface area contributed by atoms with Gasteiger partial charge in [0.15, 0.2) is 0 Å². The standard InChI is InChI=1S/C19H22FNO2/c1-15-7-10-17(11-8-15)23-14-13-21(2)19(22)12-9-16-5-3-4-6-18(16)20/h3-8,10-11H,9,12-14H2,1-2H3. The van der Waals surface area contributed by atoms with Gasteiger partial charge in [0, 0.05) is 13.5 Å². The smallest absolute Gasteiger partial charge is 0.222 e. The highest BCUT2D eigenvalue weighted by atomic mass is 19.1. The van der Waals surface area contributed by atoms with Crippen LogP contribution in [-0.2, 0) is 11.2 Å². The molecule has 0 aliphatic carbocycles. The zero-order valence-electron chi connectivity index (χ0n) is 13.6. The van der Waals surface area contributed by atoms with E-state index in [1.807, 2.05) is 31.2 Å². The highest BCUT2D eigenvalue weighted by Gasteiger charge is 2.10. The Hall–Kier alpha value is -2.36. The summed E-state index contributed by atoms with van der Waals surface area (Å²) >= 11 is 0. The average molecular weight is 315 g/mol. The number of hydrogen-bond donors (Lipinski definition) is 0. The van der Waals surface area contributed by atoms with Gasteiger partial charge in [0.2, 0.25) is 5.91 Å². The number of halogens is 1. The van der Waals surface area contributed by atoms with Crippen LogP contribution >= 0.6 is 0 Å². The van der Waals surface area contributed by atoms with Crippen molar-refractivity contribution in [3.8, 4) is 5.75 Å². The van der Waals surface area contributed by atoms with Gasteiger partial charge in [0.25, 0.3) is 0 Å². The van der Waals surface area contributed by atoms with Crippen LogP contribution in [0.25, 0.3) is 0 Å². The molecule has 1 amide bonds. The minimum atomic E-state index is -0.259. The molecule has 0 aliphatic heterocycles. The predicted molar refractivity (Wildman–Crippen MR) is 89.0 cm³/mol. The Morgan fingerprint density at radius 1 is 1.13 bits per heavy atom. The predicted octanol–water partition coefficient (Wildman–Crippen LogP) is 3.60. The number of rotatable bonds is 7. The summed E-state index contributed by atoms with van der Waals surface area (Å²) in [7, 11) is 1.74. The Labute approximate surface area is 136 Å². The van der Waals surface area contributed by atoms with Gasteiger partial charge in [0.05, 0.1) is 6.54 Å². The summed E-state index contributed by atoms with van der Waals surface area (Å²) in [6.45, 7) is 2.96. The molecular formula is C19H22FNO2. The summed E-state index contributed by atoms with van der Waals surface area (Å²) in [6.07, 6.45) is 0.705. The fraction of sp³-hybridized carbons (Fsp3) is 0.316. The van der Waals surface area contributed by atoms with Crippen molar-refractivity contribution in [3.63, 3.8) is 0 Å². The first-order valence-corrected chi connectivity index (χ1v) is 7.73. The SMILES string of the molecule is Cc1ccc(OCCN(C)C(=O)CCc2ccccc2F)cc1. The molecule has 2 aromatic rings. The van der Waals surface area contributed by atoms with Gasteiger partial charge in [-0.05, 0) is 37.1 Å². The largest absolute Gasteiger partial charge is 0.492 e. The number of hydrogen-bond acceptors (Lipinski definition) is 2. The van der Waals surface area contributed by atoms with Crippen LogP contribution in [0.15, 0.2) is 48.5 Å². The Kier molecular flexibility index (Phi) is 6.15. The van der Waals surface area contributed by atoms with Gasteiger partial charge < -0.3 is 9.64 Å². The molecule has 0 heterocycles. The molecule has 0 bridgehead atoms. The summed E-state index contributed by atoms with van der Waals surface area (Å²) in [6, 6.07) is 14.3. The topological polar surface area (TPSA) is 29.5 Å². The zero-order valence-corrected chi connectivity index (χ0v) is 13.6. The first kappa shape index (κ1) is 17.0. The summed E-state index contributed by atoms with van der Waals surface area (Å²) in [4.78, 5) is 13.7. The van der Waals surface area contributed by atoms with Crippen LogP contribution in [-0.4, -0.2) is 31.0 Å². The van der Waals surface area contributed by atoms with Crippen LogP contribution in [0.4, 0.5) is 4.39 Å². The zero-order chi connectivity index (χ0) is 16.7. The van der Waals surface area contributed by atoms with E-state index in [0.29, 0.717) is 31.6 Å². The van der Waals surface area contributed by atoms with Crippen LogP contribution in [0.2, 0.25) is 0 Å². The van der Waals surface area contributed by atoms with Gasteiger partial charge in [-0.1, -0.05) is 35.9 Å². The first-order valence-electron chi connectivity index (χ1n) is 7.73. The molecule has 0 saturated heterocycles. The van der Waals surface area contributed by atoms with Crippen molar-refractivity contribution in [1.29, 1.82) is 0 Å². The molecular weight excluding hydrogens is 293 g/mol. The van der Waals surface area contributed by atoms with E-state index in [4.69, 9.17) is 4.74 Å². The highest BCUT2D eigenvalue weighted by molar-refractivity contribution is 5.76. The molecule has 122 valence electrons. The molecule has 0 radical (unpaired) electrons. The van der Waals surface area contributed by atoms with Crippen LogP contribution in [0, 0.1) is 12.7 Å². The Morgan fingerprint density at radius 2 is 1.83 bits per heavy atom. The maximum atomic E-state index is 13.5. The average Bonchev–Trinajstić information content (AvgIpc) is 2.55. The lowest BCUT2D eigenvalue weighted by Crippen LogP contribution is -2.31. The quantitative estimate of drug-likeness (QED) is 0.781. The second-order valence-electron chi connectivity index (χ2n) is 5.57. The summed E-state index contributed by atoms with van der Waals surface area (Å²) in [5.41, 5.74) is 1.75. The fourth-order valence-corrected chi connectivity index (χ4v) is 2.19. The van der Waals surface area contributed by atoms with E-state index in [1.54, 1.807) is 30.1 Å². The maximum absolute atomic E-state index is 13.5. The van der Waals surface area contributed by atoms with E-state index in [1.165, 1.54) is 11.6 Å². The maximum Gasteiger partial charge on any atom is 0.222 e. The van der Waals surface area contributed by atoms with Gasteiger partial charge in [-0.15, -0.1) is 0 Å². The highest BCUT2D eigenvalue weighted by Crippen LogP contribution is 2.12. The molecule has 0 saturated carbocycles. The lowest BCUT2D eigenvalue weighted by molar-refractivity contribution is -0.130. The Morgan fingerprint density at radius 3 is 2.52 bits per heavy atom. The number of carbonyl (C=O) groups is 1. The normalized spacial score (nSPS) is 10.4. The third kappa shape index (κ3) is 5.40. The van der Waals surface area contributed by atoms with Crippen LogP contribution < -0.4 is 4.74 Å². The lowest BCUT2D eigenvalue weighted by atomic mass is 10.1. The molecule has 0 spiro atoms. The van der Waals surface area contributed by atoms with E-state index < -0.39 is 0 Å². The molecule has 0 aromatic heterocycles. The van der Waals surface area contributed by atoms with Gasteiger partial charge >= 0.3 is 0 Å². The molecule has 0 fully saturated rings. The number of aryl methyl sites for hydroxylation is 2. The van der Waals surface area contributed by atoms with Gasteiger partial charge in [-0.3, -0.25) is 4.79 Å². The second-order valence-corrected chi connectivity index (χ2v) is 5.57. The van der Waals surface area contributed by atoms with E-state index in [0.717, 1.165) is 5.75 Å². The van der Waals surface area contributed by atoms with Crippen molar-refractivity contribution in [2.45, 2.75) is 19.8 Å². The fourth-order valence-electron chi connectivity index (χ4n) is 2.19. The van der Waals surface area contributed by atoms with E-state index in [-0.39, 0.29) is 11.7 Å². The van der Waals surface area contributed by atoms with Crippen LogP contribution in [0.1, 0.15) is 17.5 Å². The molecule has 0 atom stereocenters. The number of amides is 1. The molecule has 4 heteroatoms. The molecule has 0 aliphatic rings. The van der Waals surface area contributed by atoms with Crippen molar-refractivity contribution in [3.05, 3.63) is 65.5 Å². The number of nitrogens with zero attached hydrogens (tertiary/aromatic N) is 1. The minimum Gasteiger partial charge on any atom is -0.492 e. The van der Waals surface area contributed by atoms with Gasteiger partial charge in [-0.25, -0.2) is 4.39 Å². The van der Waals surface area contributed by atoms with E-state index >= 15 is 0 Å². The number of ether oxygens (including phenoxy) is 1. The van der Waals surface area contributed by atoms with Crippen molar-refractivity contribution in [2.75, 3.05) is 20.2 Å². The monoisotopic (exact) mass is 315 g/mol. The molecule has 0 unspecified atom stereocenters. The molecule has 3 nitrogen and oxygen atoms in total. The van der Waals surface area contributed by atoms with Crippen LogP contribution in [0.5, 0.6) is 5.75 Å². The third-order valence-corrected chi connectivity index (χ3v) is 3.71. The summed E-state index contributed by atoms with van der Waals surface area (Å²) < 4.78 is 19.1. The van der Waals surface area contributed by atoms with E-state index in [9.17, 15) is 9.18 Å². The van der Waals surface area contributed by atoms with Gasteiger partial charge in [0.1, 0.15) is 18.2 Å². The minimum absolute atomic E-state index is 0.0132. The molecule has 23 heavy (non-hydrogen) atoms. The van der Waals surface area contributed by atoms with E-state index in [2.05, 4.69) is 0 Å². The molecule has 0 N–H and O–H groups in total. The van der Waals surface area contributed by atoms with Crippen molar-refractivity contribution < 1.29 is 13.9 Å². The third-order valence-electron chi connectivity index (χ3n) is 3.71. The lowest BCUT2D eigenvalue weighted by Gasteiger charge is -2.17.